The number of halogens is 1. The molecule has 1 aliphatic rings. The van der Waals surface area contributed by atoms with Crippen LogP contribution in [-0.2, 0) is 4.74 Å². The number of hydrogen-bond acceptors (Lipinski definition) is 3. The Morgan fingerprint density at radius 2 is 1.93 bits per heavy atom. The van der Waals surface area contributed by atoms with E-state index < -0.39 is 0 Å². The van der Waals surface area contributed by atoms with E-state index in [-0.39, 0.29) is 17.5 Å². The van der Waals surface area contributed by atoms with Crippen LogP contribution in [0.2, 0.25) is 0 Å². The summed E-state index contributed by atoms with van der Waals surface area (Å²) in [5, 5.41) is 0.918. The Kier molecular flexibility index (Phi) is 3.07. The van der Waals surface area contributed by atoms with Crippen LogP contribution in [0.5, 0.6) is 0 Å². The molecule has 1 aromatic carbocycles. The number of ether oxygens (including phenoxy) is 1. The third-order valence-corrected chi connectivity index (χ3v) is 3.06. The minimum Gasteiger partial charge on any atom is -0.343 e. The molecule has 1 aromatic rings. The van der Waals surface area contributed by atoms with Crippen molar-refractivity contribution in [3.05, 3.63) is 35.6 Å². The van der Waals surface area contributed by atoms with Crippen molar-refractivity contribution in [2.24, 2.45) is 4.99 Å². The lowest BCUT2D eigenvalue weighted by atomic mass is 10.2. The molecular formula is C11H12FNOS. The van der Waals surface area contributed by atoms with Gasteiger partial charge < -0.3 is 4.74 Å². The number of benzene rings is 1. The largest absolute Gasteiger partial charge is 0.343 e. The van der Waals surface area contributed by atoms with Crippen LogP contribution in [0.4, 0.5) is 4.39 Å². The molecule has 2 nitrogen and oxygen atoms in total. The molecule has 1 heterocycles. The van der Waals surface area contributed by atoms with Crippen molar-refractivity contribution in [3.8, 4) is 0 Å². The lowest BCUT2D eigenvalue weighted by Gasteiger charge is -2.23. The van der Waals surface area contributed by atoms with Gasteiger partial charge >= 0.3 is 0 Å². The van der Waals surface area contributed by atoms with E-state index in [9.17, 15) is 4.39 Å². The van der Waals surface area contributed by atoms with Gasteiger partial charge in [-0.05, 0) is 38.1 Å². The van der Waals surface area contributed by atoms with Gasteiger partial charge in [0.25, 0.3) is 0 Å². The summed E-state index contributed by atoms with van der Waals surface area (Å²) in [5.74, 6) is -0.225. The van der Waals surface area contributed by atoms with E-state index in [0.29, 0.717) is 0 Å². The van der Waals surface area contributed by atoms with Crippen molar-refractivity contribution < 1.29 is 9.13 Å². The summed E-state index contributed by atoms with van der Waals surface area (Å²) in [6.45, 7) is 3.89. The highest BCUT2D eigenvalue weighted by molar-refractivity contribution is 8.14. The van der Waals surface area contributed by atoms with Crippen molar-refractivity contribution in [2.75, 3.05) is 0 Å². The number of thioether (sulfide) groups is 1. The van der Waals surface area contributed by atoms with E-state index in [0.717, 1.165) is 10.6 Å². The molecule has 2 atom stereocenters. The van der Waals surface area contributed by atoms with Crippen LogP contribution in [-0.4, -0.2) is 16.7 Å². The second kappa shape index (κ2) is 4.33. The van der Waals surface area contributed by atoms with Crippen LogP contribution in [0, 0.1) is 5.82 Å². The van der Waals surface area contributed by atoms with Crippen molar-refractivity contribution in [1.29, 1.82) is 0 Å². The number of rotatable bonds is 1. The summed E-state index contributed by atoms with van der Waals surface area (Å²) in [6, 6.07) is 6.38. The van der Waals surface area contributed by atoms with Gasteiger partial charge in [0.15, 0.2) is 0 Å². The van der Waals surface area contributed by atoms with Crippen LogP contribution in [0.3, 0.4) is 0 Å². The average molecular weight is 225 g/mol. The van der Waals surface area contributed by atoms with E-state index in [2.05, 4.69) is 4.99 Å². The molecule has 0 saturated carbocycles. The van der Waals surface area contributed by atoms with Gasteiger partial charge in [0.1, 0.15) is 22.5 Å². The fourth-order valence-corrected chi connectivity index (χ4v) is 2.44. The van der Waals surface area contributed by atoms with E-state index in [1.807, 2.05) is 13.8 Å². The lowest BCUT2D eigenvalue weighted by Crippen LogP contribution is -2.21. The molecule has 15 heavy (non-hydrogen) atoms. The maximum absolute atomic E-state index is 12.7. The number of aliphatic imine (C=N–C) groups is 1. The molecule has 0 spiro atoms. The van der Waals surface area contributed by atoms with Crippen LogP contribution in [0.1, 0.15) is 19.4 Å². The highest BCUT2D eigenvalue weighted by Crippen LogP contribution is 2.26. The molecule has 0 radical (unpaired) electrons. The Morgan fingerprint density at radius 1 is 1.27 bits per heavy atom. The molecule has 0 saturated heterocycles. The zero-order valence-corrected chi connectivity index (χ0v) is 9.42. The topological polar surface area (TPSA) is 21.6 Å². The maximum atomic E-state index is 12.7. The summed E-state index contributed by atoms with van der Waals surface area (Å²) in [6.07, 6.45) is -0.124. The molecule has 0 aliphatic carbocycles. The average Bonchev–Trinajstić information content (AvgIpc) is 2.17. The predicted molar refractivity (Wildman–Crippen MR) is 60.5 cm³/mol. The standard InChI is InChI=1S/C11H12FNOS/c1-7-13-11(15-8(2)14-7)9-3-5-10(12)6-4-9/h3-8H,1-2H3. The molecule has 0 bridgehead atoms. The van der Waals surface area contributed by atoms with Crippen LogP contribution < -0.4 is 0 Å². The van der Waals surface area contributed by atoms with Crippen molar-refractivity contribution in [2.45, 2.75) is 25.5 Å². The molecule has 80 valence electrons. The lowest BCUT2D eigenvalue weighted by molar-refractivity contribution is 0.0607. The Morgan fingerprint density at radius 3 is 2.53 bits per heavy atom. The van der Waals surface area contributed by atoms with E-state index in [1.165, 1.54) is 12.1 Å². The molecule has 4 heteroatoms. The molecule has 0 fully saturated rings. The smallest absolute Gasteiger partial charge is 0.148 e. The van der Waals surface area contributed by atoms with Crippen LogP contribution in [0.15, 0.2) is 29.3 Å². The van der Waals surface area contributed by atoms with Gasteiger partial charge in [0.05, 0.1) is 0 Å². The van der Waals surface area contributed by atoms with Crippen molar-refractivity contribution in [1.82, 2.24) is 0 Å². The summed E-state index contributed by atoms with van der Waals surface area (Å²) in [5.41, 5.74) is 1.04. The van der Waals surface area contributed by atoms with Crippen molar-refractivity contribution in [3.63, 3.8) is 0 Å². The normalized spacial score (nSPS) is 26.2. The van der Waals surface area contributed by atoms with E-state index in [4.69, 9.17) is 4.74 Å². The monoisotopic (exact) mass is 225 g/mol. The van der Waals surface area contributed by atoms with Gasteiger partial charge in [-0.3, -0.25) is 0 Å². The molecule has 0 amide bonds. The molecule has 0 aromatic heterocycles. The minimum absolute atomic E-state index is 0.0950. The second-order valence-corrected chi connectivity index (χ2v) is 4.65. The van der Waals surface area contributed by atoms with Gasteiger partial charge in [-0.25, -0.2) is 9.38 Å². The predicted octanol–water partition coefficient (Wildman–Crippen LogP) is 3.03. The molecule has 1 aliphatic heterocycles. The highest BCUT2D eigenvalue weighted by Gasteiger charge is 2.19. The Balaban J connectivity index is 2.26. The van der Waals surface area contributed by atoms with Crippen LogP contribution >= 0.6 is 11.8 Å². The van der Waals surface area contributed by atoms with Crippen molar-refractivity contribution >= 4 is 16.8 Å². The van der Waals surface area contributed by atoms with Gasteiger partial charge in [0.2, 0.25) is 0 Å². The van der Waals surface area contributed by atoms with Crippen LogP contribution in [0.25, 0.3) is 0 Å². The van der Waals surface area contributed by atoms with E-state index >= 15 is 0 Å². The van der Waals surface area contributed by atoms with E-state index in [1.54, 1.807) is 23.9 Å². The minimum atomic E-state index is -0.225. The highest BCUT2D eigenvalue weighted by atomic mass is 32.2. The summed E-state index contributed by atoms with van der Waals surface area (Å²) < 4.78 is 18.2. The first kappa shape index (κ1) is 10.6. The van der Waals surface area contributed by atoms with Gasteiger partial charge in [-0.15, -0.1) is 0 Å². The van der Waals surface area contributed by atoms with Gasteiger partial charge in [-0.2, -0.15) is 0 Å². The second-order valence-electron chi connectivity index (χ2n) is 3.36. The fraction of sp³-hybridized carbons (Fsp3) is 0.364. The Labute approximate surface area is 92.5 Å². The zero-order chi connectivity index (χ0) is 10.8. The van der Waals surface area contributed by atoms with Gasteiger partial charge in [-0.1, -0.05) is 11.8 Å². The Hall–Kier alpha value is -0.870. The molecular weight excluding hydrogens is 213 g/mol. The molecule has 2 rings (SSSR count). The number of hydrogen-bond donors (Lipinski definition) is 0. The third-order valence-electron chi connectivity index (χ3n) is 2.06. The first-order chi connectivity index (χ1) is 7.15. The first-order valence-electron chi connectivity index (χ1n) is 4.81. The third kappa shape index (κ3) is 2.58. The molecule has 2 unspecified atom stereocenters. The quantitative estimate of drug-likeness (QED) is 0.732. The summed E-state index contributed by atoms with van der Waals surface area (Å²) in [7, 11) is 0. The summed E-state index contributed by atoms with van der Waals surface area (Å²) >= 11 is 1.55. The van der Waals surface area contributed by atoms with Gasteiger partial charge in [0, 0.05) is 5.56 Å². The maximum Gasteiger partial charge on any atom is 0.148 e. The number of nitrogens with zero attached hydrogens (tertiary/aromatic N) is 1. The molecule has 0 N–H and O–H groups in total. The Bertz CT molecular complexity index is 377. The summed E-state index contributed by atoms with van der Waals surface area (Å²) in [4.78, 5) is 4.37. The fourth-order valence-electron chi connectivity index (χ4n) is 1.42. The first-order valence-corrected chi connectivity index (χ1v) is 5.69. The zero-order valence-electron chi connectivity index (χ0n) is 8.61. The SMILES string of the molecule is CC1N=C(c2ccc(F)cc2)SC(C)O1.